The molecule has 0 bridgehead atoms. The summed E-state index contributed by atoms with van der Waals surface area (Å²) in [5, 5.41) is 110. The summed E-state index contributed by atoms with van der Waals surface area (Å²) in [5.74, 6) is -1.97. The highest BCUT2D eigenvalue weighted by Gasteiger charge is 2.58. The van der Waals surface area contributed by atoms with Crippen molar-refractivity contribution in [1.29, 1.82) is 0 Å². The smallest absolute Gasteiger partial charge is 0.463 e. The van der Waals surface area contributed by atoms with Crippen LogP contribution in [0.2, 0.25) is 0 Å². The second-order valence-electron chi connectivity index (χ2n) is 28.4. The molecule has 1 aliphatic carbocycles. The summed E-state index contributed by atoms with van der Waals surface area (Å²) in [5.41, 5.74) is 0. The van der Waals surface area contributed by atoms with E-state index in [-0.39, 0.29) is 19.3 Å². The van der Waals surface area contributed by atoms with E-state index in [0.717, 1.165) is 96.3 Å². The fourth-order valence-electron chi connectivity index (χ4n) is 13.2. The second-order valence-corrected chi connectivity index (χ2v) is 29.8. The number of carbonyl (C=O) groups is 3. The number of unbranched alkanes of at least 4 members (excludes halogenated alkanes) is 41. The molecule has 24 nitrogen and oxygen atoms in total. The van der Waals surface area contributed by atoms with Crippen molar-refractivity contribution in [2.45, 2.75) is 427 Å². The molecule has 2 heterocycles. The Labute approximate surface area is 593 Å². The van der Waals surface area contributed by atoms with Crippen molar-refractivity contribution in [2.24, 2.45) is 0 Å². The molecule has 0 aromatic heterocycles. The average Bonchev–Trinajstić information content (AvgIpc) is 0.763. The maximum atomic E-state index is 14.3. The number of phosphoric ester groups is 1. The summed E-state index contributed by atoms with van der Waals surface area (Å²) in [6, 6.07) is 0. The maximum absolute atomic E-state index is 14.3. The lowest BCUT2D eigenvalue weighted by Gasteiger charge is -2.49. The van der Waals surface area contributed by atoms with E-state index in [4.69, 9.17) is 42.2 Å². The quantitative estimate of drug-likeness (QED) is 0.0117. The molecule has 584 valence electrons. The number of aliphatic hydroxyl groups is 10. The summed E-state index contributed by atoms with van der Waals surface area (Å²) >= 11 is 0. The van der Waals surface area contributed by atoms with Crippen molar-refractivity contribution >= 4 is 25.7 Å². The molecule has 3 aliphatic rings. The maximum Gasteiger partial charge on any atom is 0.472 e. The Morgan fingerprint density at radius 3 is 0.990 bits per heavy atom. The molecule has 11 N–H and O–H groups in total. The zero-order valence-electron chi connectivity index (χ0n) is 61.1. The molecule has 3 fully saturated rings. The van der Waals surface area contributed by atoms with E-state index >= 15 is 0 Å². The molecule has 0 aromatic carbocycles. The third kappa shape index (κ3) is 39.2. The van der Waals surface area contributed by atoms with Gasteiger partial charge < -0.3 is 89.1 Å². The molecule has 18 atom stereocenters. The molecule has 18 unspecified atom stereocenters. The second kappa shape index (κ2) is 56.3. The average molecular weight is 1440 g/mol. The van der Waals surface area contributed by atoms with Crippen molar-refractivity contribution in [3.05, 3.63) is 0 Å². The number of esters is 3. The molecule has 0 amide bonds. The number of ether oxygens (including phenoxy) is 7. The van der Waals surface area contributed by atoms with Crippen LogP contribution in [0.1, 0.15) is 323 Å². The van der Waals surface area contributed by atoms with Gasteiger partial charge in [0.1, 0.15) is 98.7 Å². The molecule has 0 spiro atoms. The monoisotopic (exact) mass is 1440 g/mol. The first-order chi connectivity index (χ1) is 47.8. The highest BCUT2D eigenvalue weighted by atomic mass is 31.2. The van der Waals surface area contributed by atoms with Crippen LogP contribution < -0.4 is 0 Å². The van der Waals surface area contributed by atoms with Crippen molar-refractivity contribution in [3.8, 4) is 0 Å². The van der Waals surface area contributed by atoms with Crippen molar-refractivity contribution in [2.75, 3.05) is 26.4 Å². The van der Waals surface area contributed by atoms with E-state index < -0.39 is 156 Å². The first-order valence-corrected chi connectivity index (χ1v) is 40.8. The molecule has 3 rings (SSSR count). The number of hydrogen-bond donors (Lipinski definition) is 11. The summed E-state index contributed by atoms with van der Waals surface area (Å²) in [4.78, 5) is 51.0. The first kappa shape index (κ1) is 91.2. The fraction of sp³-hybridized carbons (Fsp3) is 0.959. The largest absolute Gasteiger partial charge is 0.472 e. The Morgan fingerprint density at radius 2 is 0.646 bits per heavy atom. The van der Waals surface area contributed by atoms with Gasteiger partial charge in [-0.25, -0.2) is 4.57 Å². The lowest BCUT2D eigenvalue weighted by molar-refractivity contribution is -0.360. The standard InChI is InChI=1S/C74H139O24P/c1-4-7-10-13-16-19-22-25-27-28-30-31-34-37-40-43-46-49-59(77)91-54-57-62(80)64(82)69(87)74(95-57)97-71-67(85)65(83)66(84)70(96-73-68(86)63(81)61(79)56(51-75)94-73)72(71)98-99(88,89)92-53-55(52-90-58(76)48-45-42-39-36-33-24-21-18-15-12-9-6-3)93-60(78)50-47-44-41-38-35-32-29-26-23-20-17-14-11-8-5-2/h55-57,61-75,79-87H,4-54H2,1-3H3,(H,88,89). The third-order valence-corrected chi connectivity index (χ3v) is 20.6. The lowest BCUT2D eigenvalue weighted by atomic mass is 9.84. The Bertz CT molecular complexity index is 2050. The Kier molecular flexibility index (Phi) is 51.9. The molecule has 99 heavy (non-hydrogen) atoms. The predicted molar refractivity (Wildman–Crippen MR) is 375 cm³/mol. The molecular formula is C74H139O24P. The molecule has 2 saturated heterocycles. The van der Waals surface area contributed by atoms with Crippen molar-refractivity contribution in [1.82, 2.24) is 0 Å². The van der Waals surface area contributed by atoms with E-state index in [0.29, 0.717) is 19.3 Å². The van der Waals surface area contributed by atoms with Crippen LogP contribution in [0.4, 0.5) is 0 Å². The molecular weight excluding hydrogens is 1300 g/mol. The van der Waals surface area contributed by atoms with E-state index in [1.54, 1.807) is 0 Å². The molecule has 2 aliphatic heterocycles. The molecule has 0 aromatic rings. The van der Waals surface area contributed by atoms with Crippen LogP contribution in [-0.4, -0.2) is 204 Å². The number of hydrogen-bond acceptors (Lipinski definition) is 23. The SMILES string of the molecule is CCCCCCCCCCCCCCCCCCCC(=O)OCC1OC(OC2C(O)C(O)C(O)C(OC3OC(CO)C(O)C(O)C3O)C2OP(=O)(O)OCC(COC(=O)CCCCCCCCCCCCCC)OC(=O)CCCCCCCCCCCCCCCCC)C(O)C(O)C1O. The summed E-state index contributed by atoms with van der Waals surface area (Å²) in [6.45, 7) is 3.49. The summed E-state index contributed by atoms with van der Waals surface area (Å²) < 4.78 is 65.1. The highest BCUT2D eigenvalue weighted by molar-refractivity contribution is 7.47. The van der Waals surface area contributed by atoms with Gasteiger partial charge in [0.05, 0.1) is 13.2 Å². The Morgan fingerprint density at radius 1 is 0.354 bits per heavy atom. The van der Waals surface area contributed by atoms with Gasteiger partial charge in [-0.2, -0.15) is 0 Å². The molecule has 1 saturated carbocycles. The van der Waals surface area contributed by atoms with E-state index in [1.807, 2.05) is 0 Å². The van der Waals surface area contributed by atoms with Crippen LogP contribution in [0.3, 0.4) is 0 Å². The van der Waals surface area contributed by atoms with Gasteiger partial charge in [0.15, 0.2) is 18.7 Å². The Hall–Kier alpha value is -2.04. The van der Waals surface area contributed by atoms with Gasteiger partial charge in [0.25, 0.3) is 0 Å². The van der Waals surface area contributed by atoms with Crippen LogP contribution in [0.25, 0.3) is 0 Å². The van der Waals surface area contributed by atoms with Crippen molar-refractivity contribution < 1.29 is 117 Å². The highest BCUT2D eigenvalue weighted by Crippen LogP contribution is 2.49. The minimum atomic E-state index is -5.69. The van der Waals surface area contributed by atoms with Crippen LogP contribution in [0.15, 0.2) is 0 Å². The number of carbonyl (C=O) groups excluding carboxylic acids is 3. The first-order valence-electron chi connectivity index (χ1n) is 39.3. The minimum absolute atomic E-state index is 0.0330. The minimum Gasteiger partial charge on any atom is -0.463 e. The van der Waals surface area contributed by atoms with Gasteiger partial charge in [-0.3, -0.25) is 23.4 Å². The normalized spacial score (nSPS) is 27.4. The van der Waals surface area contributed by atoms with Gasteiger partial charge in [-0.1, -0.05) is 284 Å². The van der Waals surface area contributed by atoms with Gasteiger partial charge in [-0.05, 0) is 19.3 Å². The van der Waals surface area contributed by atoms with Crippen LogP contribution in [0.5, 0.6) is 0 Å². The summed E-state index contributed by atoms with van der Waals surface area (Å²) in [7, 11) is -5.69. The van der Waals surface area contributed by atoms with Crippen LogP contribution in [0, 0.1) is 0 Å². The van der Waals surface area contributed by atoms with Gasteiger partial charge in [0, 0.05) is 19.3 Å². The zero-order valence-corrected chi connectivity index (χ0v) is 61.9. The molecule has 25 heteroatoms. The lowest BCUT2D eigenvalue weighted by Crippen LogP contribution is -2.69. The summed E-state index contributed by atoms with van der Waals surface area (Å²) in [6.07, 6.45) is 14.4. The third-order valence-electron chi connectivity index (χ3n) is 19.6. The van der Waals surface area contributed by atoms with E-state index in [2.05, 4.69) is 20.8 Å². The fourth-order valence-corrected chi connectivity index (χ4v) is 14.2. The van der Waals surface area contributed by atoms with E-state index in [9.17, 15) is 74.9 Å². The Balaban J connectivity index is 1.70. The number of phosphoric acid groups is 1. The van der Waals surface area contributed by atoms with Gasteiger partial charge in [-0.15, -0.1) is 0 Å². The van der Waals surface area contributed by atoms with Crippen LogP contribution >= 0.6 is 7.82 Å². The van der Waals surface area contributed by atoms with Crippen molar-refractivity contribution in [3.63, 3.8) is 0 Å². The zero-order chi connectivity index (χ0) is 72.5. The number of rotatable bonds is 62. The van der Waals surface area contributed by atoms with E-state index in [1.165, 1.54) is 167 Å². The predicted octanol–water partition coefficient (Wildman–Crippen LogP) is 11.4. The van der Waals surface area contributed by atoms with Crippen LogP contribution in [-0.2, 0) is 61.2 Å². The number of aliphatic hydroxyl groups excluding tert-OH is 10. The van der Waals surface area contributed by atoms with Gasteiger partial charge in [0.2, 0.25) is 0 Å². The topological polar surface area (TPSA) is 374 Å². The van der Waals surface area contributed by atoms with Gasteiger partial charge >= 0.3 is 25.7 Å². The molecule has 0 radical (unpaired) electrons.